The van der Waals surface area contributed by atoms with Gasteiger partial charge in [0.25, 0.3) is 0 Å². The van der Waals surface area contributed by atoms with E-state index in [0.717, 1.165) is 18.8 Å². The highest BCUT2D eigenvalue weighted by molar-refractivity contribution is 5.37. The van der Waals surface area contributed by atoms with Crippen LogP contribution < -0.4 is 0 Å². The van der Waals surface area contributed by atoms with E-state index < -0.39 is 0 Å². The van der Waals surface area contributed by atoms with Gasteiger partial charge in [0.05, 0.1) is 17.7 Å². The summed E-state index contributed by atoms with van der Waals surface area (Å²) in [5.74, 6) is 0.599. The van der Waals surface area contributed by atoms with E-state index in [9.17, 15) is 5.11 Å². The van der Waals surface area contributed by atoms with Gasteiger partial charge in [-0.05, 0) is 48.8 Å². The number of aromatic nitrogens is 2. The van der Waals surface area contributed by atoms with Crippen molar-refractivity contribution >= 4 is 0 Å². The van der Waals surface area contributed by atoms with Gasteiger partial charge in [0.2, 0.25) is 0 Å². The largest absolute Gasteiger partial charge is 0.508 e. The monoisotopic (exact) mass is 337 g/mol. The summed E-state index contributed by atoms with van der Waals surface area (Å²) in [6.07, 6.45) is 11.8. The molecule has 2 N–H and O–H groups in total. The van der Waals surface area contributed by atoms with E-state index in [2.05, 4.69) is 20.9 Å². The third-order valence-electron chi connectivity index (χ3n) is 6.90. The Bertz CT molecular complexity index is 754. The molecule has 0 amide bonds. The van der Waals surface area contributed by atoms with Crippen LogP contribution in [0.1, 0.15) is 67.8 Å². The number of aromatic hydroxyl groups is 1. The number of H-pyrrole nitrogens is 1. The van der Waals surface area contributed by atoms with Crippen molar-refractivity contribution < 1.29 is 5.11 Å². The molecule has 5 rings (SSSR count). The van der Waals surface area contributed by atoms with Gasteiger partial charge in [-0.2, -0.15) is 0 Å². The lowest BCUT2D eigenvalue weighted by Crippen LogP contribution is -2.53. The van der Waals surface area contributed by atoms with Crippen molar-refractivity contribution in [3.8, 4) is 5.75 Å². The summed E-state index contributed by atoms with van der Waals surface area (Å²) in [5, 5.41) is 9.90. The number of phenols is 1. The number of rotatable bonds is 2. The van der Waals surface area contributed by atoms with E-state index in [4.69, 9.17) is 0 Å². The van der Waals surface area contributed by atoms with Crippen LogP contribution in [-0.4, -0.2) is 32.6 Å². The van der Waals surface area contributed by atoms with Gasteiger partial charge in [-0.1, -0.05) is 31.4 Å². The molecule has 4 heteroatoms. The Kier molecular flexibility index (Phi) is 3.63. The summed E-state index contributed by atoms with van der Waals surface area (Å²) in [6.45, 7) is 2.01. The van der Waals surface area contributed by atoms with Crippen LogP contribution in [0, 0.1) is 5.41 Å². The van der Waals surface area contributed by atoms with Gasteiger partial charge in [-0.25, -0.2) is 4.98 Å². The van der Waals surface area contributed by atoms with Gasteiger partial charge in [-0.3, -0.25) is 4.90 Å². The fourth-order valence-corrected chi connectivity index (χ4v) is 5.54. The van der Waals surface area contributed by atoms with E-state index in [1.165, 1.54) is 56.2 Å². The van der Waals surface area contributed by atoms with Gasteiger partial charge in [-0.15, -0.1) is 0 Å². The molecule has 3 aliphatic rings. The molecule has 1 unspecified atom stereocenters. The first-order valence-electron chi connectivity index (χ1n) is 9.78. The highest BCUT2D eigenvalue weighted by Gasteiger charge is 2.47. The van der Waals surface area contributed by atoms with Crippen molar-refractivity contribution in [2.24, 2.45) is 5.41 Å². The molecule has 1 aromatic carbocycles. The van der Waals surface area contributed by atoms with Gasteiger partial charge in [0.15, 0.2) is 0 Å². The average Bonchev–Trinajstić information content (AvgIpc) is 3.08. The van der Waals surface area contributed by atoms with Crippen LogP contribution in [0.5, 0.6) is 5.75 Å². The number of hydrogen-bond donors (Lipinski definition) is 2. The molecule has 132 valence electrons. The van der Waals surface area contributed by atoms with E-state index in [0.29, 0.717) is 17.2 Å². The summed E-state index contributed by atoms with van der Waals surface area (Å²) in [4.78, 5) is 10.6. The molecule has 1 spiro atoms. The highest BCUT2D eigenvalue weighted by Crippen LogP contribution is 2.54. The molecule has 1 atom stereocenters. The van der Waals surface area contributed by atoms with Crippen molar-refractivity contribution in [1.82, 2.24) is 14.9 Å². The first-order chi connectivity index (χ1) is 12.2. The normalized spacial score (nSPS) is 26.3. The topological polar surface area (TPSA) is 52.1 Å². The predicted octanol–water partition coefficient (Wildman–Crippen LogP) is 4.18. The highest BCUT2D eigenvalue weighted by atomic mass is 16.3. The second kappa shape index (κ2) is 5.87. The van der Waals surface area contributed by atoms with Crippen LogP contribution in [0.4, 0.5) is 0 Å². The van der Waals surface area contributed by atoms with Crippen molar-refractivity contribution in [2.45, 2.75) is 63.5 Å². The third-order valence-corrected chi connectivity index (χ3v) is 6.90. The van der Waals surface area contributed by atoms with E-state index in [1.54, 1.807) is 6.07 Å². The fraction of sp³-hybridized carbons (Fsp3) is 0.571. The maximum atomic E-state index is 9.90. The minimum Gasteiger partial charge on any atom is -0.508 e. The van der Waals surface area contributed by atoms with Gasteiger partial charge in [0.1, 0.15) is 5.75 Å². The quantitative estimate of drug-likeness (QED) is 0.864. The Hall–Kier alpha value is -1.81. The predicted molar refractivity (Wildman–Crippen MR) is 97.5 cm³/mol. The number of fused-ring (bicyclic) bond motifs is 1. The molecule has 2 fully saturated rings. The molecule has 0 bridgehead atoms. The zero-order chi connectivity index (χ0) is 16.9. The van der Waals surface area contributed by atoms with Crippen LogP contribution in [0.25, 0.3) is 0 Å². The van der Waals surface area contributed by atoms with Crippen molar-refractivity contribution in [1.29, 1.82) is 0 Å². The first kappa shape index (κ1) is 15.4. The Morgan fingerprint density at radius 1 is 1.16 bits per heavy atom. The van der Waals surface area contributed by atoms with Crippen LogP contribution in [0.2, 0.25) is 0 Å². The van der Waals surface area contributed by atoms with Crippen molar-refractivity contribution in [3.05, 3.63) is 47.5 Å². The lowest BCUT2D eigenvalue weighted by atomic mass is 9.58. The summed E-state index contributed by atoms with van der Waals surface area (Å²) < 4.78 is 0. The lowest BCUT2D eigenvalue weighted by molar-refractivity contribution is -0.0333. The molecule has 1 aromatic heterocycles. The number of nitrogens with one attached hydrogen (secondary N) is 1. The van der Waals surface area contributed by atoms with E-state index in [-0.39, 0.29) is 5.92 Å². The number of aromatic amines is 1. The summed E-state index contributed by atoms with van der Waals surface area (Å²) >= 11 is 0. The molecule has 2 saturated carbocycles. The Balaban J connectivity index is 1.37. The maximum absolute atomic E-state index is 9.90. The van der Waals surface area contributed by atoms with Crippen LogP contribution in [0.15, 0.2) is 30.6 Å². The molecule has 0 saturated heterocycles. The molecular weight excluding hydrogens is 310 g/mol. The van der Waals surface area contributed by atoms with E-state index >= 15 is 0 Å². The standard InChI is InChI=1S/C21H27N3O/c25-17-6-4-5-15(9-17)18-12-24(13-19-20(18)23-14-22-19)16-10-21(11-16)7-2-1-3-8-21/h4-6,9,14,16,18,25H,1-3,7-8,10-13H2,(H,22,23). The fourth-order valence-electron chi connectivity index (χ4n) is 5.54. The lowest BCUT2D eigenvalue weighted by Gasteiger charge is -2.55. The summed E-state index contributed by atoms with van der Waals surface area (Å²) in [5.41, 5.74) is 4.25. The number of benzene rings is 1. The van der Waals surface area contributed by atoms with Gasteiger partial charge in [0, 0.05) is 25.0 Å². The zero-order valence-electron chi connectivity index (χ0n) is 14.7. The first-order valence-corrected chi connectivity index (χ1v) is 9.78. The van der Waals surface area contributed by atoms with Crippen molar-refractivity contribution in [2.75, 3.05) is 6.54 Å². The zero-order valence-corrected chi connectivity index (χ0v) is 14.7. The number of phenolic OH excluding ortho intramolecular Hbond substituents is 1. The summed E-state index contributed by atoms with van der Waals surface area (Å²) in [6, 6.07) is 8.42. The molecule has 2 aliphatic carbocycles. The molecule has 25 heavy (non-hydrogen) atoms. The molecule has 2 heterocycles. The van der Waals surface area contributed by atoms with Crippen LogP contribution in [0.3, 0.4) is 0 Å². The summed E-state index contributed by atoms with van der Waals surface area (Å²) in [7, 11) is 0. The minimum atomic E-state index is 0.255. The van der Waals surface area contributed by atoms with Gasteiger partial charge >= 0.3 is 0 Å². The third kappa shape index (κ3) is 2.67. The number of imidazole rings is 1. The molecular formula is C21H27N3O. The average molecular weight is 337 g/mol. The number of hydrogen-bond acceptors (Lipinski definition) is 3. The molecule has 0 radical (unpaired) electrons. The number of nitrogens with zero attached hydrogens (tertiary/aromatic N) is 2. The molecule has 4 nitrogen and oxygen atoms in total. The Morgan fingerprint density at radius 3 is 2.80 bits per heavy atom. The van der Waals surface area contributed by atoms with Crippen LogP contribution in [-0.2, 0) is 6.54 Å². The minimum absolute atomic E-state index is 0.255. The Morgan fingerprint density at radius 2 is 2.00 bits per heavy atom. The molecule has 1 aliphatic heterocycles. The SMILES string of the molecule is Oc1cccc(C2CN(C3CC4(CCCCC4)C3)Cc3[nH]cnc32)c1. The molecule has 2 aromatic rings. The second-order valence-corrected chi connectivity index (χ2v) is 8.47. The Labute approximate surface area is 149 Å². The van der Waals surface area contributed by atoms with Gasteiger partial charge < -0.3 is 10.1 Å². The maximum Gasteiger partial charge on any atom is 0.115 e. The van der Waals surface area contributed by atoms with Crippen LogP contribution >= 0.6 is 0 Å². The smallest absolute Gasteiger partial charge is 0.115 e. The second-order valence-electron chi connectivity index (χ2n) is 8.47. The van der Waals surface area contributed by atoms with Crippen molar-refractivity contribution in [3.63, 3.8) is 0 Å². The van der Waals surface area contributed by atoms with E-state index in [1.807, 2.05) is 18.5 Å².